The maximum Gasteiger partial charge on any atom is 0.301 e. The highest BCUT2D eigenvalue weighted by Crippen LogP contribution is 2.29. The van der Waals surface area contributed by atoms with E-state index in [0.717, 1.165) is 12.5 Å². The molecule has 0 amide bonds. The number of hydrogen-bond donors (Lipinski definition) is 1. The van der Waals surface area contributed by atoms with Crippen LogP contribution in [0.4, 0.5) is 17.1 Å². The van der Waals surface area contributed by atoms with Gasteiger partial charge in [-0.25, -0.2) is 0 Å². The monoisotopic (exact) mass is 334 g/mol. The zero-order valence-corrected chi connectivity index (χ0v) is 13.4. The van der Waals surface area contributed by atoms with E-state index in [0.29, 0.717) is 18.9 Å². The summed E-state index contributed by atoms with van der Waals surface area (Å²) in [6, 6.07) is 3.37. The van der Waals surface area contributed by atoms with Crippen LogP contribution >= 0.6 is 0 Å². The lowest BCUT2D eigenvalue weighted by molar-refractivity contribution is -0.393. The van der Waals surface area contributed by atoms with Crippen molar-refractivity contribution in [2.45, 2.75) is 20.3 Å². The lowest BCUT2D eigenvalue weighted by Gasteiger charge is -2.24. The average molecular weight is 334 g/mol. The molecular weight excluding hydrogens is 316 g/mol. The Bertz CT molecular complexity index is 712. The van der Waals surface area contributed by atoms with Gasteiger partial charge in [-0.15, -0.1) is 0 Å². The smallest absolute Gasteiger partial charge is 0.301 e. The van der Waals surface area contributed by atoms with Gasteiger partial charge >= 0.3 is 5.69 Å². The second kappa shape index (κ2) is 7.18. The van der Waals surface area contributed by atoms with E-state index in [1.54, 1.807) is 0 Å². The SMILES string of the molecule is CC1(C)C=CCCOC/C1=N/Nc1ccc([N+](=O)[O-])cc1[N+](=O)[O-]. The number of allylic oxidation sites excluding steroid dienone is 1. The molecule has 24 heavy (non-hydrogen) atoms. The fourth-order valence-corrected chi connectivity index (χ4v) is 2.16. The highest BCUT2D eigenvalue weighted by Gasteiger charge is 2.24. The third-order valence-corrected chi connectivity index (χ3v) is 3.65. The van der Waals surface area contributed by atoms with Crippen LogP contribution in [-0.4, -0.2) is 28.8 Å². The molecule has 1 N–H and O–H groups in total. The highest BCUT2D eigenvalue weighted by atomic mass is 16.6. The maximum atomic E-state index is 11.1. The number of rotatable bonds is 4. The minimum atomic E-state index is -0.685. The van der Waals surface area contributed by atoms with Crippen molar-refractivity contribution in [2.24, 2.45) is 10.5 Å². The topological polar surface area (TPSA) is 120 Å². The van der Waals surface area contributed by atoms with E-state index in [2.05, 4.69) is 10.5 Å². The first kappa shape index (κ1) is 17.5. The summed E-state index contributed by atoms with van der Waals surface area (Å²) in [4.78, 5) is 20.5. The molecule has 0 atom stereocenters. The summed E-state index contributed by atoms with van der Waals surface area (Å²) in [5.41, 5.74) is 2.27. The van der Waals surface area contributed by atoms with Gasteiger partial charge < -0.3 is 4.74 Å². The molecular formula is C15H18N4O5. The number of benzene rings is 1. The van der Waals surface area contributed by atoms with Crippen molar-refractivity contribution < 1.29 is 14.6 Å². The Kier molecular flexibility index (Phi) is 5.24. The molecule has 0 bridgehead atoms. The Labute approximate surface area is 138 Å². The van der Waals surface area contributed by atoms with Crippen LogP contribution in [0, 0.1) is 25.6 Å². The number of ether oxygens (including phenoxy) is 1. The van der Waals surface area contributed by atoms with Gasteiger partial charge in [0, 0.05) is 11.5 Å². The molecule has 1 aliphatic rings. The molecule has 1 heterocycles. The molecule has 1 aromatic carbocycles. The Morgan fingerprint density at radius 2 is 2.00 bits per heavy atom. The Hall–Kier alpha value is -2.81. The number of hydrazone groups is 1. The van der Waals surface area contributed by atoms with Crippen LogP contribution in [0.2, 0.25) is 0 Å². The predicted octanol–water partition coefficient (Wildman–Crippen LogP) is 3.27. The first-order valence-corrected chi connectivity index (χ1v) is 7.32. The minimum absolute atomic E-state index is 0.0833. The lowest BCUT2D eigenvalue weighted by atomic mass is 9.86. The molecule has 0 fully saturated rings. The van der Waals surface area contributed by atoms with Gasteiger partial charge in [-0.2, -0.15) is 5.10 Å². The number of hydrogen-bond acceptors (Lipinski definition) is 7. The van der Waals surface area contributed by atoms with Crippen molar-refractivity contribution in [1.82, 2.24) is 0 Å². The van der Waals surface area contributed by atoms with Crippen LogP contribution < -0.4 is 5.43 Å². The van der Waals surface area contributed by atoms with E-state index in [4.69, 9.17) is 4.74 Å². The van der Waals surface area contributed by atoms with E-state index in [1.165, 1.54) is 12.1 Å². The standard InChI is InChI=1S/C15H18N4O5/c1-15(2)7-3-4-8-24-10-14(15)17-16-12-6-5-11(18(20)21)9-13(12)19(22)23/h3,5-7,9,16H,4,8,10H2,1-2H3/b7-3?,17-14-. The molecule has 9 heteroatoms. The number of nitrogens with zero attached hydrogens (tertiary/aromatic N) is 3. The number of nitrogens with one attached hydrogen (secondary N) is 1. The zero-order valence-electron chi connectivity index (χ0n) is 13.4. The molecule has 1 aromatic rings. The summed E-state index contributed by atoms with van der Waals surface area (Å²) in [5.74, 6) is 0. The molecule has 0 radical (unpaired) electrons. The van der Waals surface area contributed by atoms with E-state index in [9.17, 15) is 20.2 Å². The first-order chi connectivity index (χ1) is 11.3. The van der Waals surface area contributed by atoms with Gasteiger partial charge in [0.1, 0.15) is 5.69 Å². The van der Waals surface area contributed by atoms with Crippen molar-refractivity contribution in [3.05, 3.63) is 50.6 Å². The summed E-state index contributed by atoms with van der Waals surface area (Å²) >= 11 is 0. The highest BCUT2D eigenvalue weighted by molar-refractivity contribution is 5.93. The molecule has 1 aliphatic heterocycles. The molecule has 0 aliphatic carbocycles. The van der Waals surface area contributed by atoms with Crippen molar-refractivity contribution in [3.63, 3.8) is 0 Å². The van der Waals surface area contributed by atoms with Gasteiger partial charge in [0.25, 0.3) is 5.69 Å². The van der Waals surface area contributed by atoms with Crippen LogP contribution in [-0.2, 0) is 4.74 Å². The summed E-state index contributed by atoms with van der Waals surface area (Å²) in [6.07, 6.45) is 4.83. The van der Waals surface area contributed by atoms with Gasteiger partial charge in [0.15, 0.2) is 0 Å². The number of anilines is 1. The molecule has 0 saturated heterocycles. The molecule has 0 spiro atoms. The van der Waals surface area contributed by atoms with Crippen molar-refractivity contribution in [2.75, 3.05) is 18.6 Å². The van der Waals surface area contributed by atoms with Crippen molar-refractivity contribution >= 4 is 22.8 Å². The van der Waals surface area contributed by atoms with E-state index >= 15 is 0 Å². The van der Waals surface area contributed by atoms with E-state index in [1.807, 2.05) is 26.0 Å². The van der Waals surface area contributed by atoms with Crippen LogP contribution in [0.15, 0.2) is 35.5 Å². The van der Waals surface area contributed by atoms with Crippen LogP contribution in [0.5, 0.6) is 0 Å². The zero-order chi connectivity index (χ0) is 17.7. The molecule has 128 valence electrons. The third kappa shape index (κ3) is 4.13. The average Bonchev–Trinajstić information content (AvgIpc) is 2.51. The van der Waals surface area contributed by atoms with Gasteiger partial charge in [-0.05, 0) is 12.5 Å². The van der Waals surface area contributed by atoms with Gasteiger partial charge in [0.2, 0.25) is 0 Å². The minimum Gasteiger partial charge on any atom is -0.375 e. The Morgan fingerprint density at radius 1 is 1.25 bits per heavy atom. The van der Waals surface area contributed by atoms with E-state index < -0.39 is 15.5 Å². The second-order valence-electron chi connectivity index (χ2n) is 5.85. The quantitative estimate of drug-likeness (QED) is 0.512. The number of nitro groups is 2. The maximum absolute atomic E-state index is 11.1. The van der Waals surface area contributed by atoms with Crippen LogP contribution in [0.3, 0.4) is 0 Å². The summed E-state index contributed by atoms with van der Waals surface area (Å²) < 4.78 is 5.49. The second-order valence-corrected chi connectivity index (χ2v) is 5.85. The third-order valence-electron chi connectivity index (χ3n) is 3.65. The largest absolute Gasteiger partial charge is 0.375 e. The van der Waals surface area contributed by atoms with Crippen LogP contribution in [0.25, 0.3) is 0 Å². The van der Waals surface area contributed by atoms with Crippen molar-refractivity contribution in [3.8, 4) is 0 Å². The Balaban J connectivity index is 2.32. The molecule has 2 rings (SSSR count). The fraction of sp³-hybridized carbons (Fsp3) is 0.400. The number of non-ortho nitro benzene ring substituents is 1. The summed E-state index contributed by atoms with van der Waals surface area (Å²) in [6.45, 7) is 4.79. The fourth-order valence-electron chi connectivity index (χ4n) is 2.16. The molecule has 9 nitrogen and oxygen atoms in total. The molecule has 0 unspecified atom stereocenters. The lowest BCUT2D eigenvalue weighted by Crippen LogP contribution is -2.29. The normalized spacial score (nSPS) is 18.7. The van der Waals surface area contributed by atoms with E-state index in [-0.39, 0.29) is 16.8 Å². The van der Waals surface area contributed by atoms with Gasteiger partial charge in [-0.3, -0.25) is 25.7 Å². The number of nitro benzene ring substituents is 2. The van der Waals surface area contributed by atoms with Gasteiger partial charge in [-0.1, -0.05) is 26.0 Å². The predicted molar refractivity (Wildman–Crippen MR) is 89.2 cm³/mol. The summed E-state index contributed by atoms with van der Waals surface area (Å²) in [5, 5.41) is 26.1. The molecule has 0 saturated carbocycles. The summed E-state index contributed by atoms with van der Waals surface area (Å²) in [7, 11) is 0. The van der Waals surface area contributed by atoms with Crippen LogP contribution in [0.1, 0.15) is 20.3 Å². The molecule has 0 aromatic heterocycles. The first-order valence-electron chi connectivity index (χ1n) is 7.32. The van der Waals surface area contributed by atoms with Crippen molar-refractivity contribution in [1.29, 1.82) is 0 Å². The Morgan fingerprint density at radius 3 is 2.67 bits per heavy atom. The van der Waals surface area contributed by atoms with Gasteiger partial charge in [0.05, 0.1) is 34.8 Å².